The second-order valence-corrected chi connectivity index (χ2v) is 5.50. The molecule has 0 amide bonds. The van der Waals surface area contributed by atoms with Gasteiger partial charge in [-0.05, 0) is 55.2 Å². The van der Waals surface area contributed by atoms with Crippen LogP contribution in [0.2, 0.25) is 0 Å². The maximum absolute atomic E-state index is 8.98. The van der Waals surface area contributed by atoms with Crippen molar-refractivity contribution < 1.29 is 5.11 Å². The highest BCUT2D eigenvalue weighted by molar-refractivity contribution is 7.83. The van der Waals surface area contributed by atoms with Gasteiger partial charge in [-0.25, -0.2) is 0 Å². The molecule has 0 aromatic carbocycles. The molecule has 0 fully saturated rings. The molecule has 2 N–H and O–H groups in total. The first kappa shape index (κ1) is 18.2. The van der Waals surface area contributed by atoms with E-state index in [1.807, 2.05) is 32.9 Å². The number of hydrogen-bond donors (Lipinski definition) is 3. The average Bonchev–Trinajstić information content (AvgIpc) is 2.37. The number of rotatable bonds is 7. The Morgan fingerprint density at radius 3 is 2.26 bits per heavy atom. The Labute approximate surface area is 123 Å². The maximum Gasteiger partial charge on any atom is 0.0433 e. The summed E-state index contributed by atoms with van der Waals surface area (Å²) in [5.74, 6) is 0.487. The van der Waals surface area contributed by atoms with Gasteiger partial charge < -0.3 is 10.5 Å². The Hall–Kier alpha value is -0.800. The second kappa shape index (κ2) is 9.16. The molecule has 0 heterocycles. The van der Waals surface area contributed by atoms with Crippen LogP contribution in [-0.2, 0) is 0 Å². The van der Waals surface area contributed by atoms with E-state index in [2.05, 4.69) is 26.5 Å². The molecule has 1 unspecified atom stereocenters. The van der Waals surface area contributed by atoms with E-state index in [-0.39, 0.29) is 12.5 Å². The lowest BCUT2D eigenvalue weighted by molar-refractivity contribution is 0.251. The summed E-state index contributed by atoms with van der Waals surface area (Å²) in [5.41, 5.74) is 3.94. The van der Waals surface area contributed by atoms with Gasteiger partial charge in [-0.1, -0.05) is 26.0 Å². The molecule has 0 spiro atoms. The van der Waals surface area contributed by atoms with Crippen LogP contribution in [0.15, 0.2) is 34.3 Å². The Bertz CT molecular complexity index is 394. The molecule has 0 aliphatic carbocycles. The molecule has 19 heavy (non-hydrogen) atoms. The summed E-state index contributed by atoms with van der Waals surface area (Å²) in [4.78, 5) is 0. The van der Waals surface area contributed by atoms with Gasteiger partial charge in [0.05, 0.1) is 0 Å². The minimum atomic E-state index is 0.164. The first-order valence-corrected chi connectivity index (χ1v) is 7.23. The van der Waals surface area contributed by atoms with Gasteiger partial charge in [0.15, 0.2) is 0 Å². The van der Waals surface area contributed by atoms with Gasteiger partial charge in [-0.3, -0.25) is 0 Å². The van der Waals surface area contributed by atoms with Crippen molar-refractivity contribution in [3.63, 3.8) is 0 Å². The molecular weight excluding hydrogens is 254 g/mol. The van der Waals surface area contributed by atoms with E-state index in [1.165, 1.54) is 0 Å². The summed E-state index contributed by atoms with van der Waals surface area (Å²) in [6.07, 6.45) is 4.74. The van der Waals surface area contributed by atoms with Gasteiger partial charge in [-0.2, -0.15) is 12.6 Å². The molecule has 0 aliphatic rings. The highest BCUT2D eigenvalue weighted by atomic mass is 32.1. The summed E-state index contributed by atoms with van der Waals surface area (Å²) in [7, 11) is 0. The van der Waals surface area contributed by atoms with E-state index < -0.39 is 0 Å². The van der Waals surface area contributed by atoms with Crippen molar-refractivity contribution in [2.24, 2.45) is 11.8 Å². The Morgan fingerprint density at radius 1 is 1.21 bits per heavy atom. The summed E-state index contributed by atoms with van der Waals surface area (Å²) >= 11 is 4.07. The fraction of sp³-hybridized carbons (Fsp3) is 0.562. The third-order valence-corrected chi connectivity index (χ3v) is 3.85. The molecule has 0 aromatic heterocycles. The predicted molar refractivity (Wildman–Crippen MR) is 88.0 cm³/mol. The van der Waals surface area contributed by atoms with Crippen LogP contribution < -0.4 is 0 Å². The highest BCUT2D eigenvalue weighted by Crippen LogP contribution is 2.20. The molecule has 0 saturated heterocycles. The normalized spacial score (nSPS) is 17.3. The largest absolute Gasteiger partial charge is 0.396 e. The van der Waals surface area contributed by atoms with Crippen LogP contribution in [-0.4, -0.2) is 17.4 Å². The minimum Gasteiger partial charge on any atom is -0.396 e. The third kappa shape index (κ3) is 6.26. The SMILES string of the molecule is C\C(=C/C(C)=C(C)/C=C\S)C(=N)[C@H](C)C(C)CCO. The van der Waals surface area contributed by atoms with Crippen molar-refractivity contribution in [3.8, 4) is 0 Å². The summed E-state index contributed by atoms with van der Waals surface area (Å²) in [6.45, 7) is 10.4. The predicted octanol–water partition coefficient (Wildman–Crippen LogP) is 4.39. The van der Waals surface area contributed by atoms with Crippen molar-refractivity contribution in [2.45, 2.75) is 41.0 Å². The van der Waals surface area contributed by atoms with Crippen LogP contribution in [0.3, 0.4) is 0 Å². The van der Waals surface area contributed by atoms with Gasteiger partial charge in [0.1, 0.15) is 0 Å². The molecular formula is C16H27NOS. The smallest absolute Gasteiger partial charge is 0.0433 e. The van der Waals surface area contributed by atoms with Gasteiger partial charge in [-0.15, -0.1) is 0 Å². The lowest BCUT2D eigenvalue weighted by Gasteiger charge is -2.20. The number of allylic oxidation sites excluding steroid dienone is 5. The minimum absolute atomic E-state index is 0.164. The zero-order valence-corrected chi connectivity index (χ0v) is 13.6. The summed E-state index contributed by atoms with van der Waals surface area (Å²) < 4.78 is 0. The molecule has 0 radical (unpaired) electrons. The van der Waals surface area contributed by atoms with E-state index in [1.54, 1.807) is 5.41 Å². The van der Waals surface area contributed by atoms with E-state index in [9.17, 15) is 0 Å². The Balaban J connectivity index is 4.96. The van der Waals surface area contributed by atoms with Gasteiger partial charge in [0, 0.05) is 18.2 Å². The number of aliphatic hydroxyl groups excluding tert-OH is 1. The summed E-state index contributed by atoms with van der Waals surface area (Å²) in [5, 5.41) is 18.9. The van der Waals surface area contributed by atoms with Crippen molar-refractivity contribution in [2.75, 3.05) is 6.61 Å². The van der Waals surface area contributed by atoms with Gasteiger partial charge >= 0.3 is 0 Å². The van der Waals surface area contributed by atoms with Crippen LogP contribution in [0.25, 0.3) is 0 Å². The first-order chi connectivity index (χ1) is 8.84. The molecule has 2 atom stereocenters. The van der Waals surface area contributed by atoms with Gasteiger partial charge in [0.2, 0.25) is 0 Å². The topological polar surface area (TPSA) is 44.1 Å². The monoisotopic (exact) mass is 281 g/mol. The molecule has 0 aromatic rings. The van der Waals surface area contributed by atoms with Crippen molar-refractivity contribution >= 4 is 18.3 Å². The molecule has 0 bridgehead atoms. The standard InChI is InChI=1S/C16H27NOS/c1-11(7-9-19)13(3)10-14(4)16(17)15(5)12(2)6-8-18/h7,9-10,12,15,17-19H,6,8H2,1-5H3/b9-7-,13-11+,14-10+,17-16?/t12?,15-/m1/s1. The fourth-order valence-corrected chi connectivity index (χ4v) is 2.08. The highest BCUT2D eigenvalue weighted by Gasteiger charge is 2.17. The number of nitrogens with one attached hydrogen (secondary N) is 1. The van der Waals surface area contributed by atoms with Crippen LogP contribution in [0.1, 0.15) is 41.0 Å². The number of hydrogen-bond acceptors (Lipinski definition) is 3. The Kier molecular flexibility index (Phi) is 8.77. The van der Waals surface area contributed by atoms with E-state index in [4.69, 9.17) is 10.5 Å². The molecule has 0 saturated carbocycles. The zero-order valence-electron chi connectivity index (χ0n) is 12.7. The fourth-order valence-electron chi connectivity index (χ4n) is 1.86. The van der Waals surface area contributed by atoms with Crippen LogP contribution >= 0.6 is 12.6 Å². The Morgan fingerprint density at radius 2 is 1.79 bits per heavy atom. The molecule has 108 valence electrons. The van der Waals surface area contributed by atoms with Crippen LogP contribution in [0.5, 0.6) is 0 Å². The van der Waals surface area contributed by atoms with E-state index >= 15 is 0 Å². The lowest BCUT2D eigenvalue weighted by Crippen LogP contribution is -2.20. The second-order valence-electron chi connectivity index (χ2n) is 5.20. The number of thiol groups is 1. The van der Waals surface area contributed by atoms with Crippen LogP contribution in [0, 0.1) is 17.2 Å². The molecule has 2 nitrogen and oxygen atoms in total. The third-order valence-electron chi connectivity index (χ3n) is 3.70. The lowest BCUT2D eigenvalue weighted by atomic mass is 9.85. The molecule has 3 heteroatoms. The molecule has 0 aliphatic heterocycles. The first-order valence-electron chi connectivity index (χ1n) is 6.71. The number of aliphatic hydroxyl groups is 1. The van der Waals surface area contributed by atoms with E-state index in [0.29, 0.717) is 11.6 Å². The van der Waals surface area contributed by atoms with Crippen molar-refractivity contribution in [1.82, 2.24) is 0 Å². The quantitative estimate of drug-likeness (QED) is 0.362. The van der Waals surface area contributed by atoms with Crippen LogP contribution in [0.4, 0.5) is 0 Å². The van der Waals surface area contributed by atoms with E-state index in [0.717, 1.165) is 23.1 Å². The maximum atomic E-state index is 8.98. The average molecular weight is 281 g/mol. The zero-order chi connectivity index (χ0) is 15.0. The van der Waals surface area contributed by atoms with Crippen molar-refractivity contribution in [3.05, 3.63) is 34.3 Å². The van der Waals surface area contributed by atoms with Gasteiger partial charge in [0.25, 0.3) is 0 Å². The molecule has 0 rings (SSSR count). The summed E-state index contributed by atoms with van der Waals surface area (Å²) in [6, 6.07) is 0. The van der Waals surface area contributed by atoms with Crippen molar-refractivity contribution in [1.29, 1.82) is 5.41 Å².